The number of nitrogens with zero attached hydrogens (tertiary/aromatic N) is 1. The molecule has 0 radical (unpaired) electrons. The Morgan fingerprint density at radius 3 is 2.60 bits per heavy atom. The number of amides is 2. The van der Waals surface area contributed by atoms with Gasteiger partial charge in [0.2, 0.25) is 11.8 Å². The Balaban J connectivity index is 1.84. The van der Waals surface area contributed by atoms with Gasteiger partial charge in [0.1, 0.15) is 6.04 Å². The first kappa shape index (κ1) is 13.1. The zero-order valence-corrected chi connectivity index (χ0v) is 11.3. The predicted octanol–water partition coefficient (Wildman–Crippen LogP) is -0.144. The van der Waals surface area contributed by atoms with Crippen LogP contribution < -0.4 is 5.32 Å². The highest BCUT2D eigenvalue weighted by molar-refractivity contribution is 5.92. The van der Waals surface area contributed by atoms with Gasteiger partial charge in [0.15, 0.2) is 0 Å². The van der Waals surface area contributed by atoms with Crippen LogP contribution in [0.15, 0.2) is 12.2 Å². The smallest absolute Gasteiger partial charge is 0.307 e. The van der Waals surface area contributed by atoms with Gasteiger partial charge in [0.25, 0.3) is 0 Å². The lowest BCUT2D eigenvalue weighted by Gasteiger charge is -2.37. The second-order valence-electron chi connectivity index (χ2n) is 5.84. The lowest BCUT2D eigenvalue weighted by atomic mass is 9.81. The fourth-order valence-electron chi connectivity index (χ4n) is 3.77. The number of hydrogen-bond donors (Lipinski definition) is 2. The molecule has 3 aliphatic rings. The molecular weight excluding hydrogens is 260 g/mol. The maximum absolute atomic E-state index is 12.7. The highest BCUT2D eigenvalue weighted by atomic mass is 16.4. The number of nitrogens with one attached hydrogen (secondary N) is 1. The minimum absolute atomic E-state index is 0.00536. The summed E-state index contributed by atoms with van der Waals surface area (Å²) in [5.41, 5.74) is 0. The summed E-state index contributed by atoms with van der Waals surface area (Å²) >= 11 is 0. The van der Waals surface area contributed by atoms with E-state index in [1.165, 1.54) is 4.90 Å². The molecule has 2 aliphatic carbocycles. The topological polar surface area (TPSA) is 86.7 Å². The molecule has 0 aromatic rings. The maximum atomic E-state index is 12.7. The summed E-state index contributed by atoms with van der Waals surface area (Å²) in [6.07, 6.45) is 4.61. The second-order valence-corrected chi connectivity index (χ2v) is 5.84. The highest BCUT2D eigenvalue weighted by Crippen LogP contribution is 2.48. The Morgan fingerprint density at radius 1 is 1.30 bits per heavy atom. The van der Waals surface area contributed by atoms with Crippen LogP contribution in [-0.4, -0.2) is 46.9 Å². The van der Waals surface area contributed by atoms with Gasteiger partial charge in [-0.15, -0.1) is 0 Å². The molecule has 6 nitrogen and oxygen atoms in total. The predicted molar refractivity (Wildman–Crippen MR) is 69.5 cm³/mol. The van der Waals surface area contributed by atoms with Crippen LogP contribution in [0.1, 0.15) is 13.3 Å². The lowest BCUT2D eigenvalue weighted by Crippen LogP contribution is -2.58. The summed E-state index contributed by atoms with van der Waals surface area (Å²) in [6.45, 7) is 2.57. The van der Waals surface area contributed by atoms with Gasteiger partial charge < -0.3 is 15.3 Å². The van der Waals surface area contributed by atoms with Crippen LogP contribution in [0, 0.1) is 23.7 Å². The molecule has 3 rings (SSSR count). The van der Waals surface area contributed by atoms with Crippen molar-refractivity contribution in [2.75, 3.05) is 13.1 Å². The van der Waals surface area contributed by atoms with E-state index in [9.17, 15) is 19.5 Å². The van der Waals surface area contributed by atoms with Crippen molar-refractivity contribution < 1.29 is 19.5 Å². The Labute approximate surface area is 116 Å². The van der Waals surface area contributed by atoms with E-state index in [0.29, 0.717) is 13.1 Å². The van der Waals surface area contributed by atoms with Gasteiger partial charge in [0, 0.05) is 13.1 Å². The maximum Gasteiger partial charge on any atom is 0.307 e. The van der Waals surface area contributed by atoms with Crippen molar-refractivity contribution in [1.29, 1.82) is 0 Å². The average Bonchev–Trinajstić information content (AvgIpc) is 3.01. The molecule has 6 heteroatoms. The van der Waals surface area contributed by atoms with Crippen LogP contribution >= 0.6 is 0 Å². The van der Waals surface area contributed by atoms with Gasteiger partial charge in [-0.2, -0.15) is 0 Å². The minimum Gasteiger partial charge on any atom is -0.481 e. The largest absolute Gasteiger partial charge is 0.481 e. The normalized spacial score (nSPS) is 39.0. The molecule has 2 amide bonds. The number of carbonyl (C=O) groups is 3. The average molecular weight is 278 g/mol. The number of carbonyl (C=O) groups excluding carboxylic acids is 2. The van der Waals surface area contributed by atoms with E-state index < -0.39 is 23.8 Å². The molecule has 5 atom stereocenters. The molecule has 20 heavy (non-hydrogen) atoms. The van der Waals surface area contributed by atoms with Crippen molar-refractivity contribution in [2.45, 2.75) is 19.4 Å². The van der Waals surface area contributed by atoms with Crippen LogP contribution in [0.5, 0.6) is 0 Å². The first-order chi connectivity index (χ1) is 9.50. The Bertz CT molecular complexity index is 501. The number of aliphatic carboxylic acids is 1. The quantitative estimate of drug-likeness (QED) is 0.688. The third kappa shape index (κ3) is 1.82. The molecule has 2 N–H and O–H groups in total. The number of carboxylic acid groups (broad SMARTS) is 1. The van der Waals surface area contributed by atoms with Crippen molar-refractivity contribution in [3.05, 3.63) is 12.2 Å². The van der Waals surface area contributed by atoms with E-state index >= 15 is 0 Å². The number of piperazine rings is 1. The number of rotatable bonds is 2. The number of carboxylic acids is 1. The summed E-state index contributed by atoms with van der Waals surface area (Å²) in [5, 5.41) is 12.1. The van der Waals surface area contributed by atoms with E-state index in [4.69, 9.17) is 0 Å². The van der Waals surface area contributed by atoms with Crippen molar-refractivity contribution >= 4 is 17.8 Å². The van der Waals surface area contributed by atoms with E-state index in [0.717, 1.165) is 6.42 Å². The summed E-state index contributed by atoms with van der Waals surface area (Å²) < 4.78 is 0. The third-order valence-corrected chi connectivity index (χ3v) is 4.81. The van der Waals surface area contributed by atoms with Gasteiger partial charge in [-0.3, -0.25) is 14.4 Å². The van der Waals surface area contributed by atoms with Gasteiger partial charge in [-0.25, -0.2) is 0 Å². The monoisotopic (exact) mass is 278 g/mol. The van der Waals surface area contributed by atoms with Crippen LogP contribution in [0.3, 0.4) is 0 Å². The van der Waals surface area contributed by atoms with Gasteiger partial charge in [-0.05, 0) is 25.2 Å². The Hall–Kier alpha value is -1.85. The van der Waals surface area contributed by atoms with Crippen molar-refractivity contribution in [3.8, 4) is 0 Å². The summed E-state index contributed by atoms with van der Waals surface area (Å²) in [4.78, 5) is 37.4. The first-order valence-electron chi connectivity index (χ1n) is 7.00. The molecule has 2 bridgehead atoms. The van der Waals surface area contributed by atoms with Crippen LogP contribution in [0.25, 0.3) is 0 Å². The molecule has 0 aromatic carbocycles. The lowest BCUT2D eigenvalue weighted by molar-refractivity contribution is -0.154. The molecule has 1 aliphatic heterocycles. The van der Waals surface area contributed by atoms with Gasteiger partial charge >= 0.3 is 5.97 Å². The molecule has 1 heterocycles. The van der Waals surface area contributed by atoms with E-state index in [2.05, 4.69) is 5.32 Å². The molecular formula is C14H18N2O4. The zero-order chi connectivity index (χ0) is 14.4. The fraction of sp³-hybridized carbons (Fsp3) is 0.643. The molecule has 2 fully saturated rings. The zero-order valence-electron chi connectivity index (χ0n) is 11.3. The fourth-order valence-corrected chi connectivity index (χ4v) is 3.77. The van der Waals surface area contributed by atoms with Gasteiger partial charge in [0.05, 0.1) is 11.8 Å². The first-order valence-corrected chi connectivity index (χ1v) is 7.00. The third-order valence-electron chi connectivity index (χ3n) is 4.81. The van der Waals surface area contributed by atoms with Crippen LogP contribution in [0.4, 0.5) is 0 Å². The second kappa shape index (κ2) is 4.61. The summed E-state index contributed by atoms with van der Waals surface area (Å²) in [6, 6.07) is -0.520. The van der Waals surface area contributed by atoms with Crippen LogP contribution in [-0.2, 0) is 14.4 Å². The number of fused-ring (bicyclic) bond motifs is 2. The molecule has 108 valence electrons. The van der Waals surface area contributed by atoms with Crippen molar-refractivity contribution in [2.24, 2.45) is 23.7 Å². The number of hydrogen-bond acceptors (Lipinski definition) is 3. The van der Waals surface area contributed by atoms with Crippen molar-refractivity contribution in [3.63, 3.8) is 0 Å². The Morgan fingerprint density at radius 2 is 1.95 bits per heavy atom. The SMILES string of the molecule is CC1C(=O)NCCN1C(=O)[C@H]1C2C=CC(C2)[C@H]1C(=O)O. The molecule has 0 spiro atoms. The minimum atomic E-state index is -0.908. The van der Waals surface area contributed by atoms with E-state index in [-0.39, 0.29) is 23.7 Å². The van der Waals surface area contributed by atoms with E-state index in [1.807, 2.05) is 12.2 Å². The Kier molecular flexibility index (Phi) is 3.03. The molecule has 0 aromatic heterocycles. The molecule has 1 saturated carbocycles. The highest BCUT2D eigenvalue weighted by Gasteiger charge is 2.53. The standard InChI is InChI=1S/C14H18N2O4/c1-7-12(17)15-4-5-16(7)13(18)10-8-2-3-9(6-8)11(10)14(19)20/h2-3,7-11H,4-6H2,1H3,(H,15,17)(H,19,20)/t7?,8?,9?,10-,11+/m0/s1. The summed E-state index contributed by atoms with van der Waals surface area (Å²) in [5.74, 6) is -2.46. The number of allylic oxidation sites excluding steroid dienone is 2. The van der Waals surface area contributed by atoms with Gasteiger partial charge in [-0.1, -0.05) is 12.2 Å². The summed E-state index contributed by atoms with van der Waals surface area (Å²) in [7, 11) is 0. The molecule has 1 saturated heterocycles. The van der Waals surface area contributed by atoms with E-state index in [1.54, 1.807) is 6.92 Å². The van der Waals surface area contributed by atoms with Crippen LogP contribution in [0.2, 0.25) is 0 Å². The molecule has 3 unspecified atom stereocenters. The van der Waals surface area contributed by atoms with Crippen molar-refractivity contribution in [1.82, 2.24) is 10.2 Å².